The van der Waals surface area contributed by atoms with Gasteiger partial charge in [0, 0.05) is 27.1 Å². The average molecular weight is 386 g/mol. The molecule has 3 aromatic rings. The summed E-state index contributed by atoms with van der Waals surface area (Å²) in [6, 6.07) is 11.2. The Morgan fingerprint density at radius 2 is 2.04 bits per heavy atom. The van der Waals surface area contributed by atoms with E-state index < -0.39 is 0 Å². The molecule has 1 aliphatic rings. The van der Waals surface area contributed by atoms with Crippen LogP contribution in [0.3, 0.4) is 0 Å². The Kier molecular flexibility index (Phi) is 3.70. The van der Waals surface area contributed by atoms with Crippen LogP contribution < -0.4 is 14.9 Å². The lowest BCUT2D eigenvalue weighted by Gasteiger charge is -2.02. The Balaban J connectivity index is 1.52. The second kappa shape index (κ2) is 6.01. The number of halogens is 1. The molecule has 1 amide bonds. The molecule has 0 fully saturated rings. The maximum absolute atomic E-state index is 12.3. The number of nitrogens with zero attached hydrogens (tertiary/aromatic N) is 1. The van der Waals surface area contributed by atoms with Crippen LogP contribution in [-0.2, 0) is 0 Å². The van der Waals surface area contributed by atoms with E-state index in [4.69, 9.17) is 9.47 Å². The summed E-state index contributed by atoms with van der Waals surface area (Å²) in [5, 5.41) is 4.88. The molecular formula is C17H12BrN3O3. The van der Waals surface area contributed by atoms with Crippen LogP contribution in [0.15, 0.2) is 52.2 Å². The first kappa shape index (κ1) is 14.8. The molecule has 6 nitrogen and oxygen atoms in total. The summed E-state index contributed by atoms with van der Waals surface area (Å²) >= 11 is 3.44. The normalized spacial score (nSPS) is 12.9. The second-order valence-corrected chi connectivity index (χ2v) is 6.03. The number of H-pyrrole nitrogens is 1. The third kappa shape index (κ3) is 2.63. The fourth-order valence-corrected chi connectivity index (χ4v) is 2.94. The molecule has 120 valence electrons. The highest BCUT2D eigenvalue weighted by atomic mass is 79.9. The van der Waals surface area contributed by atoms with Crippen LogP contribution in [0.1, 0.15) is 15.9 Å². The molecular weight excluding hydrogens is 374 g/mol. The van der Waals surface area contributed by atoms with Gasteiger partial charge in [-0.1, -0.05) is 18.2 Å². The Morgan fingerprint density at radius 1 is 1.25 bits per heavy atom. The summed E-state index contributed by atoms with van der Waals surface area (Å²) in [7, 11) is 0. The zero-order valence-electron chi connectivity index (χ0n) is 12.4. The summed E-state index contributed by atoms with van der Waals surface area (Å²) in [5.74, 6) is 1.06. The van der Waals surface area contributed by atoms with Gasteiger partial charge < -0.3 is 14.5 Å². The topological polar surface area (TPSA) is 75.7 Å². The van der Waals surface area contributed by atoms with E-state index in [2.05, 4.69) is 31.4 Å². The number of nitrogens with one attached hydrogen (secondary N) is 2. The van der Waals surface area contributed by atoms with E-state index in [0.717, 1.165) is 20.9 Å². The SMILES string of the molecule is O=C(N/N=C/c1cc2c(cc1Br)OCO2)c1c[nH]c2ccccc12. The van der Waals surface area contributed by atoms with Crippen molar-refractivity contribution in [2.24, 2.45) is 5.10 Å². The van der Waals surface area contributed by atoms with Crippen molar-refractivity contribution in [3.8, 4) is 11.5 Å². The lowest BCUT2D eigenvalue weighted by molar-refractivity contribution is 0.0957. The minimum atomic E-state index is -0.277. The molecule has 0 spiro atoms. The number of rotatable bonds is 3. The predicted octanol–water partition coefficient (Wildman–Crippen LogP) is 3.42. The van der Waals surface area contributed by atoms with Gasteiger partial charge >= 0.3 is 0 Å². The summed E-state index contributed by atoms with van der Waals surface area (Å²) in [6.45, 7) is 0.208. The van der Waals surface area contributed by atoms with Crippen molar-refractivity contribution in [2.75, 3.05) is 6.79 Å². The van der Waals surface area contributed by atoms with Gasteiger partial charge in [0.05, 0.1) is 11.8 Å². The molecule has 0 saturated heterocycles. The molecule has 0 atom stereocenters. The minimum Gasteiger partial charge on any atom is -0.454 e. The number of carbonyl (C=O) groups is 1. The third-order valence-corrected chi connectivity index (χ3v) is 4.38. The second-order valence-electron chi connectivity index (χ2n) is 5.17. The molecule has 2 N–H and O–H groups in total. The highest BCUT2D eigenvalue weighted by Gasteiger charge is 2.15. The van der Waals surface area contributed by atoms with Gasteiger partial charge in [0.1, 0.15) is 0 Å². The summed E-state index contributed by atoms with van der Waals surface area (Å²) < 4.78 is 11.4. The van der Waals surface area contributed by atoms with Crippen molar-refractivity contribution in [3.05, 3.63) is 58.2 Å². The van der Waals surface area contributed by atoms with E-state index in [1.165, 1.54) is 0 Å². The summed E-state index contributed by atoms with van der Waals surface area (Å²) in [5.41, 5.74) is 4.77. The Morgan fingerprint density at radius 3 is 2.92 bits per heavy atom. The van der Waals surface area contributed by atoms with Gasteiger partial charge in [-0.3, -0.25) is 4.79 Å². The van der Waals surface area contributed by atoms with Crippen LogP contribution in [0.25, 0.3) is 10.9 Å². The van der Waals surface area contributed by atoms with Crippen molar-refractivity contribution in [2.45, 2.75) is 0 Å². The van der Waals surface area contributed by atoms with Crippen molar-refractivity contribution < 1.29 is 14.3 Å². The Hall–Kier alpha value is -2.80. The average Bonchev–Trinajstić information content (AvgIpc) is 3.21. The highest BCUT2D eigenvalue weighted by Crippen LogP contribution is 2.36. The lowest BCUT2D eigenvalue weighted by atomic mass is 10.2. The summed E-state index contributed by atoms with van der Waals surface area (Å²) in [4.78, 5) is 15.3. The van der Waals surface area contributed by atoms with Gasteiger partial charge in [-0.15, -0.1) is 0 Å². The first-order valence-corrected chi connectivity index (χ1v) is 8.00. The molecule has 0 aliphatic carbocycles. The smallest absolute Gasteiger partial charge is 0.273 e. The van der Waals surface area contributed by atoms with Crippen molar-refractivity contribution >= 4 is 39.0 Å². The molecule has 0 unspecified atom stereocenters. The highest BCUT2D eigenvalue weighted by molar-refractivity contribution is 9.10. The van der Waals surface area contributed by atoms with Gasteiger partial charge in [-0.2, -0.15) is 5.10 Å². The summed E-state index contributed by atoms with van der Waals surface area (Å²) in [6.07, 6.45) is 3.23. The molecule has 0 saturated carbocycles. The minimum absolute atomic E-state index is 0.208. The van der Waals surface area contributed by atoms with Gasteiger partial charge in [-0.05, 0) is 34.1 Å². The van der Waals surface area contributed by atoms with E-state index >= 15 is 0 Å². The maximum atomic E-state index is 12.3. The predicted molar refractivity (Wildman–Crippen MR) is 93.6 cm³/mol. The van der Waals surface area contributed by atoms with Gasteiger partial charge in [0.25, 0.3) is 5.91 Å². The number of hydrogen-bond donors (Lipinski definition) is 2. The molecule has 1 aromatic heterocycles. The molecule has 1 aliphatic heterocycles. The molecule has 2 aromatic carbocycles. The number of benzene rings is 2. The zero-order valence-corrected chi connectivity index (χ0v) is 14.0. The molecule has 7 heteroatoms. The van der Waals surface area contributed by atoms with Crippen molar-refractivity contribution in [1.29, 1.82) is 0 Å². The number of aromatic amines is 1. The molecule has 0 radical (unpaired) electrons. The quantitative estimate of drug-likeness (QED) is 0.535. The van der Waals surface area contributed by atoms with Gasteiger partial charge in [0.2, 0.25) is 6.79 Å². The number of hydrazone groups is 1. The number of fused-ring (bicyclic) bond motifs is 2. The largest absolute Gasteiger partial charge is 0.454 e. The number of carbonyl (C=O) groups excluding carboxylic acids is 1. The monoisotopic (exact) mass is 385 g/mol. The van der Waals surface area contributed by atoms with Crippen molar-refractivity contribution in [3.63, 3.8) is 0 Å². The first-order chi connectivity index (χ1) is 11.7. The standard InChI is InChI=1S/C17H12BrN3O3/c18-13-6-16-15(23-9-24-16)5-10(13)7-20-21-17(22)12-8-19-14-4-2-1-3-11(12)14/h1-8,19H,9H2,(H,21,22)/b20-7+. The Bertz CT molecular complexity index is 965. The number of ether oxygens (including phenoxy) is 2. The number of para-hydroxylation sites is 1. The van der Waals surface area contributed by atoms with Crippen LogP contribution in [-0.4, -0.2) is 23.9 Å². The third-order valence-electron chi connectivity index (χ3n) is 3.70. The molecule has 24 heavy (non-hydrogen) atoms. The first-order valence-electron chi connectivity index (χ1n) is 7.21. The fourth-order valence-electron chi connectivity index (χ4n) is 2.51. The number of amides is 1. The molecule has 0 bridgehead atoms. The van der Waals surface area contributed by atoms with Crippen LogP contribution in [0.2, 0.25) is 0 Å². The van der Waals surface area contributed by atoms with Crippen molar-refractivity contribution in [1.82, 2.24) is 10.4 Å². The number of hydrogen-bond acceptors (Lipinski definition) is 4. The lowest BCUT2D eigenvalue weighted by Crippen LogP contribution is -2.17. The molecule has 2 heterocycles. The van der Waals surface area contributed by atoms with Crippen LogP contribution in [0.4, 0.5) is 0 Å². The molecule has 4 rings (SSSR count). The van der Waals surface area contributed by atoms with E-state index in [-0.39, 0.29) is 12.7 Å². The van der Waals surface area contributed by atoms with E-state index in [1.807, 2.05) is 30.3 Å². The van der Waals surface area contributed by atoms with E-state index in [1.54, 1.807) is 18.5 Å². The van der Waals surface area contributed by atoms with Crippen LogP contribution in [0, 0.1) is 0 Å². The maximum Gasteiger partial charge on any atom is 0.273 e. The van der Waals surface area contributed by atoms with Gasteiger partial charge in [-0.25, -0.2) is 5.43 Å². The Labute approximate surface area is 145 Å². The van der Waals surface area contributed by atoms with Gasteiger partial charge in [0.15, 0.2) is 11.5 Å². The zero-order chi connectivity index (χ0) is 16.5. The van der Waals surface area contributed by atoms with Crippen LogP contribution >= 0.6 is 15.9 Å². The number of aromatic nitrogens is 1. The van der Waals surface area contributed by atoms with Crippen LogP contribution in [0.5, 0.6) is 11.5 Å². The van der Waals surface area contributed by atoms with E-state index in [9.17, 15) is 4.79 Å². The van der Waals surface area contributed by atoms with E-state index in [0.29, 0.717) is 17.1 Å². The fraction of sp³-hybridized carbons (Fsp3) is 0.0588.